The minimum atomic E-state index is -3.86. The van der Waals surface area contributed by atoms with Gasteiger partial charge in [0.1, 0.15) is 17.5 Å². The molecule has 4 rings (SSSR count). The first-order valence-electron chi connectivity index (χ1n) is 10.1. The van der Waals surface area contributed by atoms with Crippen LogP contribution in [0.3, 0.4) is 0 Å². The Bertz CT molecular complexity index is 1280. The van der Waals surface area contributed by atoms with Crippen molar-refractivity contribution in [3.05, 3.63) is 59.6 Å². The normalized spacial score (nSPS) is 16.8. The highest BCUT2D eigenvalue weighted by molar-refractivity contribution is 7.89. The zero-order valence-corrected chi connectivity index (χ0v) is 19.2. The highest BCUT2D eigenvalue weighted by Crippen LogP contribution is 2.37. The molecule has 168 valence electrons. The van der Waals surface area contributed by atoms with Crippen molar-refractivity contribution in [1.82, 2.24) is 4.31 Å². The summed E-state index contributed by atoms with van der Waals surface area (Å²) in [7, 11) is -0.914. The van der Waals surface area contributed by atoms with Gasteiger partial charge in [0.2, 0.25) is 15.9 Å². The molecule has 1 heterocycles. The van der Waals surface area contributed by atoms with Crippen LogP contribution in [0.15, 0.2) is 59.5 Å². The summed E-state index contributed by atoms with van der Waals surface area (Å²) >= 11 is 6.19. The SMILES string of the molecule is COc1cc(OC)c(NC(=O)C2CCCN2S(=O)(=O)c2ccc3ccccc3c2)cc1Cl. The maximum absolute atomic E-state index is 13.4. The molecule has 0 aliphatic carbocycles. The molecule has 3 aromatic carbocycles. The molecule has 1 fully saturated rings. The van der Waals surface area contributed by atoms with Gasteiger partial charge in [-0.1, -0.05) is 41.9 Å². The molecule has 0 aromatic heterocycles. The number of anilines is 1. The summed E-state index contributed by atoms with van der Waals surface area (Å²) < 4.78 is 38.5. The Morgan fingerprint density at radius 2 is 1.75 bits per heavy atom. The molecule has 1 aliphatic rings. The Labute approximate surface area is 191 Å². The number of nitrogens with zero attached hydrogens (tertiary/aromatic N) is 1. The third kappa shape index (κ3) is 4.13. The van der Waals surface area contributed by atoms with Crippen molar-refractivity contribution in [2.75, 3.05) is 26.1 Å². The second-order valence-electron chi connectivity index (χ2n) is 7.46. The van der Waals surface area contributed by atoms with Crippen molar-refractivity contribution in [2.45, 2.75) is 23.8 Å². The van der Waals surface area contributed by atoms with Gasteiger partial charge in [0.05, 0.1) is 29.8 Å². The van der Waals surface area contributed by atoms with E-state index in [9.17, 15) is 13.2 Å². The van der Waals surface area contributed by atoms with Crippen LogP contribution in [0.5, 0.6) is 11.5 Å². The molecule has 1 saturated heterocycles. The van der Waals surface area contributed by atoms with Gasteiger partial charge >= 0.3 is 0 Å². The molecule has 1 aliphatic heterocycles. The number of amides is 1. The molecule has 32 heavy (non-hydrogen) atoms. The summed E-state index contributed by atoms with van der Waals surface area (Å²) in [5.74, 6) is 0.329. The van der Waals surface area contributed by atoms with E-state index in [1.807, 2.05) is 24.3 Å². The number of hydrogen-bond donors (Lipinski definition) is 1. The molecule has 3 aromatic rings. The lowest BCUT2D eigenvalue weighted by Crippen LogP contribution is -2.43. The molecular formula is C23H23ClN2O5S. The Kier molecular flexibility index (Phi) is 6.28. The number of rotatable bonds is 6. The van der Waals surface area contributed by atoms with E-state index in [1.54, 1.807) is 24.3 Å². The Morgan fingerprint density at radius 1 is 1.03 bits per heavy atom. The summed E-state index contributed by atoms with van der Waals surface area (Å²) in [6.45, 7) is 0.272. The molecule has 7 nitrogen and oxygen atoms in total. The van der Waals surface area contributed by atoms with Crippen LogP contribution in [0.25, 0.3) is 10.8 Å². The van der Waals surface area contributed by atoms with Crippen molar-refractivity contribution >= 4 is 44.0 Å². The van der Waals surface area contributed by atoms with Gasteiger partial charge in [-0.15, -0.1) is 0 Å². The van der Waals surface area contributed by atoms with E-state index in [2.05, 4.69) is 5.32 Å². The fourth-order valence-electron chi connectivity index (χ4n) is 3.93. The smallest absolute Gasteiger partial charge is 0.243 e. The lowest BCUT2D eigenvalue weighted by atomic mass is 10.1. The zero-order valence-electron chi connectivity index (χ0n) is 17.7. The predicted molar refractivity (Wildman–Crippen MR) is 124 cm³/mol. The van der Waals surface area contributed by atoms with Crippen molar-refractivity contribution in [3.8, 4) is 11.5 Å². The van der Waals surface area contributed by atoms with Crippen molar-refractivity contribution < 1.29 is 22.7 Å². The largest absolute Gasteiger partial charge is 0.495 e. The molecule has 9 heteroatoms. The van der Waals surface area contributed by atoms with Gasteiger partial charge in [0, 0.05) is 12.6 Å². The molecule has 1 amide bonds. The van der Waals surface area contributed by atoms with Crippen LogP contribution in [0, 0.1) is 0 Å². The topological polar surface area (TPSA) is 84.9 Å². The lowest BCUT2D eigenvalue weighted by Gasteiger charge is -2.24. The van der Waals surface area contributed by atoms with Crippen molar-refractivity contribution in [2.24, 2.45) is 0 Å². The van der Waals surface area contributed by atoms with Gasteiger partial charge in [0.25, 0.3) is 0 Å². The minimum absolute atomic E-state index is 0.168. The summed E-state index contributed by atoms with van der Waals surface area (Å²) in [6, 6.07) is 14.8. The summed E-state index contributed by atoms with van der Waals surface area (Å²) in [5.41, 5.74) is 0.346. The fourth-order valence-corrected chi connectivity index (χ4v) is 5.86. The van der Waals surface area contributed by atoms with Gasteiger partial charge in [0.15, 0.2) is 0 Å². The average Bonchev–Trinajstić information content (AvgIpc) is 3.30. The van der Waals surface area contributed by atoms with Gasteiger partial charge in [-0.25, -0.2) is 8.42 Å². The van der Waals surface area contributed by atoms with E-state index in [0.29, 0.717) is 35.1 Å². The molecule has 0 bridgehead atoms. The maximum atomic E-state index is 13.4. The second kappa shape index (κ2) is 8.97. The maximum Gasteiger partial charge on any atom is 0.243 e. The van der Waals surface area contributed by atoms with Crippen LogP contribution in [0.2, 0.25) is 5.02 Å². The van der Waals surface area contributed by atoms with Gasteiger partial charge in [-0.2, -0.15) is 4.31 Å². The van der Waals surface area contributed by atoms with Gasteiger partial charge in [-0.05, 0) is 41.8 Å². The third-order valence-electron chi connectivity index (χ3n) is 5.57. The van der Waals surface area contributed by atoms with E-state index in [-0.39, 0.29) is 11.4 Å². The zero-order chi connectivity index (χ0) is 22.9. The van der Waals surface area contributed by atoms with E-state index >= 15 is 0 Å². The predicted octanol–water partition coefficient (Wildman–Crippen LogP) is 4.30. The van der Waals surface area contributed by atoms with E-state index < -0.39 is 22.0 Å². The number of ether oxygens (including phenoxy) is 2. The van der Waals surface area contributed by atoms with Crippen LogP contribution in [0.1, 0.15) is 12.8 Å². The van der Waals surface area contributed by atoms with Gasteiger partial charge < -0.3 is 14.8 Å². The third-order valence-corrected chi connectivity index (χ3v) is 7.77. The lowest BCUT2D eigenvalue weighted by molar-refractivity contribution is -0.119. The Hall–Kier alpha value is -2.81. The molecule has 0 radical (unpaired) electrons. The van der Waals surface area contributed by atoms with Crippen LogP contribution in [-0.4, -0.2) is 45.4 Å². The standard InChI is InChI=1S/C23H23ClN2O5S/c1-30-21-14-22(31-2)19(13-18(21)24)25-23(27)20-8-5-11-26(20)32(28,29)17-10-9-15-6-3-4-7-16(15)12-17/h3-4,6-7,9-10,12-14,20H,5,8,11H2,1-2H3,(H,25,27). The number of fused-ring (bicyclic) bond motifs is 1. The minimum Gasteiger partial charge on any atom is -0.495 e. The highest BCUT2D eigenvalue weighted by atomic mass is 35.5. The Balaban J connectivity index is 1.61. The first-order chi connectivity index (χ1) is 15.3. The number of halogens is 1. The second-order valence-corrected chi connectivity index (χ2v) is 9.76. The van der Waals surface area contributed by atoms with E-state index in [1.165, 1.54) is 24.6 Å². The quantitative estimate of drug-likeness (QED) is 0.575. The molecule has 1 atom stereocenters. The fraction of sp³-hybridized carbons (Fsp3) is 0.261. The van der Waals surface area contributed by atoms with E-state index in [4.69, 9.17) is 21.1 Å². The molecular weight excluding hydrogens is 452 g/mol. The monoisotopic (exact) mass is 474 g/mol. The molecule has 1 unspecified atom stereocenters. The molecule has 0 spiro atoms. The summed E-state index contributed by atoms with van der Waals surface area (Å²) in [5, 5.41) is 4.85. The van der Waals surface area contributed by atoms with Crippen molar-refractivity contribution in [3.63, 3.8) is 0 Å². The van der Waals surface area contributed by atoms with Crippen LogP contribution in [0.4, 0.5) is 5.69 Å². The van der Waals surface area contributed by atoms with Gasteiger partial charge in [-0.3, -0.25) is 4.79 Å². The number of sulfonamides is 1. The molecule has 1 N–H and O–H groups in total. The first kappa shape index (κ1) is 22.4. The van der Waals surface area contributed by atoms with Crippen LogP contribution < -0.4 is 14.8 Å². The molecule has 0 saturated carbocycles. The number of nitrogens with one attached hydrogen (secondary N) is 1. The number of benzene rings is 3. The van der Waals surface area contributed by atoms with Crippen LogP contribution >= 0.6 is 11.6 Å². The number of methoxy groups -OCH3 is 2. The number of carbonyl (C=O) groups is 1. The Morgan fingerprint density at radius 3 is 2.47 bits per heavy atom. The average molecular weight is 475 g/mol. The highest BCUT2D eigenvalue weighted by Gasteiger charge is 2.39. The first-order valence-corrected chi connectivity index (χ1v) is 11.9. The summed E-state index contributed by atoms with van der Waals surface area (Å²) in [4.78, 5) is 13.3. The number of hydrogen-bond acceptors (Lipinski definition) is 5. The number of carbonyl (C=O) groups excluding carboxylic acids is 1. The van der Waals surface area contributed by atoms with E-state index in [0.717, 1.165) is 10.8 Å². The van der Waals surface area contributed by atoms with Crippen LogP contribution in [-0.2, 0) is 14.8 Å². The summed E-state index contributed by atoms with van der Waals surface area (Å²) in [6.07, 6.45) is 1.01. The van der Waals surface area contributed by atoms with Crippen molar-refractivity contribution in [1.29, 1.82) is 0 Å².